The van der Waals surface area contributed by atoms with Crippen molar-refractivity contribution in [2.45, 2.75) is 104 Å². The van der Waals surface area contributed by atoms with E-state index in [0.29, 0.717) is 6.42 Å². The molecule has 1 rings (SSSR count). The number of aliphatic hydroxyl groups is 1. The second-order valence-corrected chi connectivity index (χ2v) is 8.37. The van der Waals surface area contributed by atoms with Crippen molar-refractivity contribution in [1.29, 1.82) is 0 Å². The van der Waals surface area contributed by atoms with Gasteiger partial charge in [-0.25, -0.2) is 0 Å². The van der Waals surface area contributed by atoms with Gasteiger partial charge in [-0.3, -0.25) is 9.59 Å². The minimum Gasteiger partial charge on any atom is -0.511 e. The van der Waals surface area contributed by atoms with Gasteiger partial charge >= 0.3 is 0 Å². The summed E-state index contributed by atoms with van der Waals surface area (Å²) in [7, 11) is 1.59. The van der Waals surface area contributed by atoms with Gasteiger partial charge in [-0.2, -0.15) is 0 Å². The second-order valence-electron chi connectivity index (χ2n) is 8.37. The number of aliphatic hydroxyl groups excluding tert-OH is 1. The van der Waals surface area contributed by atoms with Crippen molar-refractivity contribution in [3.05, 3.63) is 11.3 Å². The molecule has 1 fully saturated rings. The molecule has 1 saturated heterocycles. The van der Waals surface area contributed by atoms with Gasteiger partial charge in [0.15, 0.2) is 5.78 Å². The highest BCUT2D eigenvalue weighted by Crippen LogP contribution is 2.20. The number of likely N-dealkylation sites (tertiary alicyclic amines) is 1. The quantitative estimate of drug-likeness (QED) is 0.165. The zero-order valence-corrected chi connectivity index (χ0v) is 17.9. The average Bonchev–Trinajstić information content (AvgIpc) is 2.89. The Morgan fingerprint density at radius 1 is 0.926 bits per heavy atom. The molecule has 4 nitrogen and oxygen atoms in total. The largest absolute Gasteiger partial charge is 0.511 e. The molecule has 0 aromatic carbocycles. The normalized spacial score (nSPS) is 17.7. The zero-order chi connectivity index (χ0) is 20.1. The van der Waals surface area contributed by atoms with E-state index in [-0.39, 0.29) is 29.6 Å². The van der Waals surface area contributed by atoms with Crippen LogP contribution in [-0.2, 0) is 9.59 Å². The monoisotopic (exact) mass is 379 g/mol. The van der Waals surface area contributed by atoms with Crippen LogP contribution in [0, 0.1) is 5.92 Å². The number of amides is 1. The lowest BCUT2D eigenvalue weighted by atomic mass is 9.97. The van der Waals surface area contributed by atoms with Gasteiger partial charge < -0.3 is 10.0 Å². The second kappa shape index (κ2) is 13.8. The van der Waals surface area contributed by atoms with Gasteiger partial charge in [-0.05, 0) is 12.3 Å². The van der Waals surface area contributed by atoms with E-state index in [1.807, 2.05) is 0 Å². The van der Waals surface area contributed by atoms with Gasteiger partial charge in [0, 0.05) is 13.5 Å². The number of hydrogen-bond donors (Lipinski definition) is 1. The number of allylic oxidation sites excluding steroid dienone is 1. The molecule has 1 aliphatic heterocycles. The Hall–Kier alpha value is -1.32. The number of likely N-dealkylation sites (N-methyl/N-ethyl adjacent to an activating group) is 1. The summed E-state index contributed by atoms with van der Waals surface area (Å²) in [6, 6.07) is 0. The van der Waals surface area contributed by atoms with Gasteiger partial charge in [-0.15, -0.1) is 0 Å². The maximum Gasteiger partial charge on any atom is 0.261 e. The summed E-state index contributed by atoms with van der Waals surface area (Å²) in [5.41, 5.74) is 0.0153. The summed E-state index contributed by atoms with van der Waals surface area (Å²) in [5.74, 6) is 0.297. The molecule has 1 atom stereocenters. The van der Waals surface area contributed by atoms with Crippen LogP contribution in [0.15, 0.2) is 11.3 Å². The highest BCUT2D eigenvalue weighted by molar-refractivity contribution is 6.25. The number of nitrogens with zero attached hydrogens (tertiary/aromatic N) is 1. The molecule has 0 aromatic heterocycles. The third kappa shape index (κ3) is 9.44. The van der Waals surface area contributed by atoms with E-state index in [2.05, 4.69) is 13.8 Å². The molecule has 0 aliphatic carbocycles. The van der Waals surface area contributed by atoms with Gasteiger partial charge in [0.25, 0.3) is 5.91 Å². The van der Waals surface area contributed by atoms with Crippen LogP contribution >= 0.6 is 0 Å². The summed E-state index contributed by atoms with van der Waals surface area (Å²) in [5, 5.41) is 10.0. The molecule has 0 spiro atoms. The predicted molar refractivity (Wildman–Crippen MR) is 112 cm³/mol. The van der Waals surface area contributed by atoms with Gasteiger partial charge in [-0.1, -0.05) is 90.9 Å². The first-order valence-electron chi connectivity index (χ1n) is 11.2. The first-order chi connectivity index (χ1) is 13.0. The summed E-state index contributed by atoms with van der Waals surface area (Å²) >= 11 is 0. The summed E-state index contributed by atoms with van der Waals surface area (Å²) in [4.78, 5) is 24.9. The molecule has 4 heteroatoms. The van der Waals surface area contributed by atoms with Crippen molar-refractivity contribution >= 4 is 11.7 Å². The Kier molecular flexibility index (Phi) is 12.1. The third-order valence-electron chi connectivity index (χ3n) is 5.67. The molecule has 1 heterocycles. The van der Waals surface area contributed by atoms with Crippen molar-refractivity contribution in [1.82, 2.24) is 4.90 Å². The molecular formula is C23H41NO3. The Morgan fingerprint density at radius 3 is 1.96 bits per heavy atom. The van der Waals surface area contributed by atoms with Gasteiger partial charge in [0.2, 0.25) is 0 Å². The van der Waals surface area contributed by atoms with Crippen LogP contribution in [-0.4, -0.2) is 35.3 Å². The first-order valence-corrected chi connectivity index (χ1v) is 11.2. The predicted octanol–water partition coefficient (Wildman–Crippen LogP) is 5.96. The number of carbonyl (C=O) groups excluding carboxylic acids is 2. The number of unbranched alkanes of at least 4 members (excludes halogenated alkanes) is 9. The molecule has 1 amide bonds. The molecule has 0 aromatic rings. The van der Waals surface area contributed by atoms with E-state index in [0.717, 1.165) is 18.8 Å². The van der Waals surface area contributed by atoms with Crippen molar-refractivity contribution in [3.8, 4) is 0 Å². The topological polar surface area (TPSA) is 57.6 Å². The summed E-state index contributed by atoms with van der Waals surface area (Å²) in [6.45, 7) is 4.75. The van der Waals surface area contributed by atoms with Gasteiger partial charge in [0.05, 0.1) is 6.54 Å². The maximum absolute atomic E-state index is 11.8. The third-order valence-corrected chi connectivity index (χ3v) is 5.67. The lowest BCUT2D eigenvalue weighted by Gasteiger charge is -2.10. The van der Waals surface area contributed by atoms with E-state index in [9.17, 15) is 14.7 Å². The highest BCUT2D eigenvalue weighted by atomic mass is 16.3. The smallest absolute Gasteiger partial charge is 0.261 e. The van der Waals surface area contributed by atoms with Crippen LogP contribution in [0.2, 0.25) is 0 Å². The minimum absolute atomic E-state index is 0.0116. The lowest BCUT2D eigenvalue weighted by molar-refractivity contribution is -0.123. The van der Waals surface area contributed by atoms with Crippen molar-refractivity contribution < 1.29 is 14.7 Å². The lowest BCUT2D eigenvalue weighted by Crippen LogP contribution is -2.19. The van der Waals surface area contributed by atoms with E-state index in [1.165, 1.54) is 75.5 Å². The molecule has 1 aliphatic rings. The Morgan fingerprint density at radius 2 is 1.44 bits per heavy atom. The minimum atomic E-state index is -0.336. The number of hydrogen-bond acceptors (Lipinski definition) is 3. The maximum atomic E-state index is 11.8. The van der Waals surface area contributed by atoms with Crippen molar-refractivity contribution in [2.24, 2.45) is 5.92 Å². The highest BCUT2D eigenvalue weighted by Gasteiger charge is 2.33. The molecule has 0 saturated carbocycles. The van der Waals surface area contributed by atoms with Crippen LogP contribution in [0.25, 0.3) is 0 Å². The Labute approximate surface area is 166 Å². The fourth-order valence-electron chi connectivity index (χ4n) is 3.81. The summed E-state index contributed by atoms with van der Waals surface area (Å²) in [6.07, 6.45) is 16.9. The number of rotatable bonds is 15. The Balaban J connectivity index is 1.96. The molecule has 0 radical (unpaired) electrons. The number of Topliss-reactive ketones (excluding diaryl/α,β-unsaturated/α-hetero) is 1. The number of carbonyl (C=O) groups is 2. The van der Waals surface area contributed by atoms with Crippen LogP contribution in [0.3, 0.4) is 0 Å². The van der Waals surface area contributed by atoms with Crippen LogP contribution < -0.4 is 0 Å². The van der Waals surface area contributed by atoms with Crippen molar-refractivity contribution in [3.63, 3.8) is 0 Å². The fraction of sp³-hybridized carbons (Fsp3) is 0.826. The van der Waals surface area contributed by atoms with Crippen LogP contribution in [0.1, 0.15) is 104 Å². The molecular weight excluding hydrogens is 338 g/mol. The van der Waals surface area contributed by atoms with Crippen LogP contribution in [0.5, 0.6) is 0 Å². The SMILES string of the molecule is CCCCC(C)CCCCCCCCCCC/C(O)=C1\C(=O)CN(C)C1=O. The fourth-order valence-corrected chi connectivity index (χ4v) is 3.81. The zero-order valence-electron chi connectivity index (χ0n) is 17.9. The van der Waals surface area contributed by atoms with Gasteiger partial charge in [0.1, 0.15) is 11.3 Å². The molecule has 27 heavy (non-hydrogen) atoms. The molecule has 1 unspecified atom stereocenters. The Bertz CT molecular complexity index is 484. The summed E-state index contributed by atoms with van der Waals surface area (Å²) < 4.78 is 0. The van der Waals surface area contributed by atoms with E-state index in [1.54, 1.807) is 7.05 Å². The standard InChI is InChI=1S/C23H41NO3/c1-4-5-15-19(2)16-13-11-9-7-6-8-10-12-14-17-20(25)22-21(26)18-24(3)23(22)27/h19,25H,4-18H2,1-3H3/b22-20-. The average molecular weight is 380 g/mol. The number of ketones is 1. The van der Waals surface area contributed by atoms with Crippen molar-refractivity contribution in [2.75, 3.05) is 13.6 Å². The molecule has 156 valence electrons. The van der Waals surface area contributed by atoms with E-state index in [4.69, 9.17) is 0 Å². The van der Waals surface area contributed by atoms with Crippen LogP contribution in [0.4, 0.5) is 0 Å². The molecule has 1 N–H and O–H groups in total. The van der Waals surface area contributed by atoms with E-state index < -0.39 is 0 Å². The first kappa shape index (κ1) is 23.7. The van der Waals surface area contributed by atoms with E-state index >= 15 is 0 Å². The molecule has 0 bridgehead atoms.